The van der Waals surface area contributed by atoms with Crippen LogP contribution < -0.4 is 15.4 Å². The number of rotatable bonds is 9. The molecule has 0 spiro atoms. The van der Waals surface area contributed by atoms with Crippen LogP contribution in [-0.4, -0.2) is 61.8 Å². The molecule has 176 valence electrons. The number of aliphatic imine (C=N–C) groups is 1. The number of benzene rings is 1. The highest BCUT2D eigenvalue weighted by Crippen LogP contribution is 2.22. The van der Waals surface area contributed by atoms with E-state index in [1.807, 2.05) is 38.1 Å². The van der Waals surface area contributed by atoms with Crippen LogP contribution in [0.5, 0.6) is 5.88 Å². The highest BCUT2D eigenvalue weighted by Gasteiger charge is 2.23. The molecular weight excluding hydrogens is 524 g/mol. The first-order chi connectivity index (χ1) is 15.2. The van der Waals surface area contributed by atoms with Crippen LogP contribution >= 0.6 is 24.0 Å². The van der Waals surface area contributed by atoms with Crippen molar-refractivity contribution < 1.29 is 13.9 Å². The maximum atomic E-state index is 13.5. The van der Waals surface area contributed by atoms with E-state index in [9.17, 15) is 4.39 Å². The summed E-state index contributed by atoms with van der Waals surface area (Å²) in [5, 5.41) is 6.75. The van der Waals surface area contributed by atoms with E-state index < -0.39 is 0 Å². The van der Waals surface area contributed by atoms with Gasteiger partial charge < -0.3 is 20.1 Å². The summed E-state index contributed by atoms with van der Waals surface area (Å²) in [6.07, 6.45) is 1.72. The molecule has 2 heterocycles. The van der Waals surface area contributed by atoms with Crippen LogP contribution in [0.1, 0.15) is 31.0 Å². The van der Waals surface area contributed by atoms with Gasteiger partial charge in [-0.25, -0.2) is 14.4 Å². The number of pyridine rings is 1. The molecule has 2 N–H and O–H groups in total. The summed E-state index contributed by atoms with van der Waals surface area (Å²) in [4.78, 5) is 11.4. The van der Waals surface area contributed by atoms with E-state index >= 15 is 0 Å². The number of nitrogens with one attached hydrogen (secondary N) is 2. The quantitative estimate of drug-likeness (QED) is 0.280. The van der Waals surface area contributed by atoms with Gasteiger partial charge in [-0.05, 0) is 37.6 Å². The lowest BCUT2D eigenvalue weighted by atomic mass is 10.0. The summed E-state index contributed by atoms with van der Waals surface area (Å²) in [5.41, 5.74) is 2.00. The fraction of sp³-hybridized carbons (Fsp3) is 0.478. The molecule has 2 aromatic rings. The first-order valence-corrected chi connectivity index (χ1v) is 10.9. The molecule has 1 atom stereocenters. The van der Waals surface area contributed by atoms with E-state index in [4.69, 9.17) is 14.5 Å². The van der Waals surface area contributed by atoms with Gasteiger partial charge in [-0.3, -0.25) is 4.90 Å². The van der Waals surface area contributed by atoms with Gasteiger partial charge in [0.15, 0.2) is 5.96 Å². The minimum Gasteiger partial charge on any atom is -0.478 e. The molecule has 1 aliphatic rings. The summed E-state index contributed by atoms with van der Waals surface area (Å²) in [6.45, 7) is 9.46. The van der Waals surface area contributed by atoms with E-state index in [1.165, 1.54) is 12.1 Å². The first-order valence-electron chi connectivity index (χ1n) is 10.9. The van der Waals surface area contributed by atoms with Crippen molar-refractivity contribution in [2.24, 2.45) is 4.99 Å². The van der Waals surface area contributed by atoms with Crippen molar-refractivity contribution in [1.82, 2.24) is 20.5 Å². The maximum absolute atomic E-state index is 13.5. The Bertz CT molecular complexity index is 831. The molecule has 0 aliphatic carbocycles. The molecule has 0 saturated carbocycles. The van der Waals surface area contributed by atoms with Crippen LogP contribution in [-0.2, 0) is 11.3 Å². The normalized spacial score (nSPS) is 15.5. The number of morpholine rings is 1. The fourth-order valence-corrected chi connectivity index (χ4v) is 3.54. The maximum Gasteiger partial charge on any atom is 0.218 e. The molecular formula is C23H33FIN5O2. The Kier molecular flexibility index (Phi) is 11.7. The zero-order valence-corrected chi connectivity index (χ0v) is 21.1. The minimum atomic E-state index is -0.228. The second-order valence-corrected chi connectivity index (χ2v) is 7.19. The molecule has 0 radical (unpaired) electrons. The SMILES string of the molecule is CCNC(=NCc1cccnc1OCC)NCC(c1ccc(F)cc1)N1CCOCC1.I. The standard InChI is InChI=1S/C23H32FN5O2.HI/c1-3-25-23(27-16-19-6-5-11-26-22(19)31-4-2)28-17-21(29-12-14-30-15-13-29)18-7-9-20(24)10-8-18;/h5-11,21H,3-4,12-17H2,1-2H3,(H2,25,27,28);1H. The third-order valence-electron chi connectivity index (χ3n) is 5.09. The van der Waals surface area contributed by atoms with Crippen molar-refractivity contribution in [1.29, 1.82) is 0 Å². The van der Waals surface area contributed by atoms with Crippen molar-refractivity contribution in [3.63, 3.8) is 0 Å². The lowest BCUT2D eigenvalue weighted by Gasteiger charge is -2.35. The molecule has 3 rings (SSSR count). The monoisotopic (exact) mass is 557 g/mol. The first kappa shape index (κ1) is 26.3. The average Bonchev–Trinajstić information content (AvgIpc) is 2.80. The number of aromatic nitrogens is 1. The molecule has 32 heavy (non-hydrogen) atoms. The number of ether oxygens (including phenoxy) is 2. The van der Waals surface area contributed by atoms with E-state index in [0.717, 1.165) is 30.8 Å². The van der Waals surface area contributed by atoms with Crippen LogP contribution in [0.2, 0.25) is 0 Å². The van der Waals surface area contributed by atoms with Gasteiger partial charge in [0.1, 0.15) is 5.82 Å². The van der Waals surface area contributed by atoms with Gasteiger partial charge in [0.2, 0.25) is 5.88 Å². The summed E-state index contributed by atoms with van der Waals surface area (Å²) in [5.74, 6) is 1.10. The molecule has 7 nitrogen and oxygen atoms in total. The Labute approximate surface area is 206 Å². The summed E-state index contributed by atoms with van der Waals surface area (Å²) in [7, 11) is 0. The Morgan fingerprint density at radius 1 is 1.19 bits per heavy atom. The van der Waals surface area contributed by atoms with Gasteiger partial charge >= 0.3 is 0 Å². The van der Waals surface area contributed by atoms with Gasteiger partial charge in [0.25, 0.3) is 0 Å². The van der Waals surface area contributed by atoms with E-state index in [0.29, 0.717) is 44.7 Å². The summed E-state index contributed by atoms with van der Waals surface area (Å²) >= 11 is 0. The lowest BCUT2D eigenvalue weighted by Crippen LogP contribution is -2.46. The topological polar surface area (TPSA) is 71.0 Å². The third kappa shape index (κ3) is 7.86. The zero-order valence-electron chi connectivity index (χ0n) is 18.7. The Balaban J connectivity index is 0.00000363. The Morgan fingerprint density at radius 2 is 1.94 bits per heavy atom. The van der Waals surface area contributed by atoms with Crippen LogP contribution in [0.4, 0.5) is 4.39 Å². The lowest BCUT2D eigenvalue weighted by molar-refractivity contribution is 0.0170. The number of hydrogen-bond donors (Lipinski definition) is 2. The van der Waals surface area contributed by atoms with Gasteiger partial charge in [-0.15, -0.1) is 24.0 Å². The van der Waals surface area contributed by atoms with Gasteiger partial charge in [0, 0.05) is 37.9 Å². The second kappa shape index (κ2) is 14.2. The van der Waals surface area contributed by atoms with E-state index in [2.05, 4.69) is 20.5 Å². The van der Waals surface area contributed by atoms with E-state index in [-0.39, 0.29) is 35.8 Å². The molecule has 9 heteroatoms. The Morgan fingerprint density at radius 3 is 2.62 bits per heavy atom. The van der Waals surface area contributed by atoms with E-state index in [1.54, 1.807) is 6.20 Å². The fourth-order valence-electron chi connectivity index (χ4n) is 3.54. The van der Waals surface area contributed by atoms with Crippen LogP contribution in [0.3, 0.4) is 0 Å². The van der Waals surface area contributed by atoms with Gasteiger partial charge in [-0.1, -0.05) is 18.2 Å². The predicted octanol–water partition coefficient (Wildman–Crippen LogP) is 3.37. The van der Waals surface area contributed by atoms with Crippen molar-refractivity contribution in [2.45, 2.75) is 26.4 Å². The minimum absolute atomic E-state index is 0. The van der Waals surface area contributed by atoms with Crippen molar-refractivity contribution in [3.8, 4) is 5.88 Å². The van der Waals surface area contributed by atoms with Crippen molar-refractivity contribution in [3.05, 3.63) is 59.5 Å². The van der Waals surface area contributed by atoms with Crippen molar-refractivity contribution in [2.75, 3.05) is 46.0 Å². The second-order valence-electron chi connectivity index (χ2n) is 7.19. The van der Waals surface area contributed by atoms with Gasteiger partial charge in [-0.2, -0.15) is 0 Å². The van der Waals surface area contributed by atoms with Gasteiger partial charge in [0.05, 0.1) is 32.4 Å². The molecule has 1 aromatic carbocycles. The number of hydrogen-bond acceptors (Lipinski definition) is 5. The molecule has 0 amide bonds. The number of halogens is 2. The van der Waals surface area contributed by atoms with Crippen LogP contribution in [0, 0.1) is 5.82 Å². The molecule has 1 unspecified atom stereocenters. The summed E-state index contributed by atoms with van der Waals surface area (Å²) < 4.78 is 24.6. The highest BCUT2D eigenvalue weighted by atomic mass is 127. The average molecular weight is 557 g/mol. The molecule has 1 fully saturated rings. The van der Waals surface area contributed by atoms with Crippen LogP contribution in [0.15, 0.2) is 47.6 Å². The number of nitrogens with zero attached hydrogens (tertiary/aromatic N) is 3. The molecule has 0 bridgehead atoms. The molecule has 1 aliphatic heterocycles. The van der Waals surface area contributed by atoms with Crippen LogP contribution in [0.25, 0.3) is 0 Å². The largest absolute Gasteiger partial charge is 0.478 e. The number of guanidine groups is 1. The highest BCUT2D eigenvalue weighted by molar-refractivity contribution is 14.0. The molecule has 1 saturated heterocycles. The predicted molar refractivity (Wildman–Crippen MR) is 135 cm³/mol. The zero-order chi connectivity index (χ0) is 21.9. The Hall–Kier alpha value is -1.98. The smallest absolute Gasteiger partial charge is 0.218 e. The third-order valence-corrected chi connectivity index (χ3v) is 5.09. The summed E-state index contributed by atoms with van der Waals surface area (Å²) in [6, 6.07) is 10.7. The van der Waals surface area contributed by atoms with Crippen molar-refractivity contribution >= 4 is 29.9 Å². The molecule has 1 aromatic heterocycles.